The monoisotopic (exact) mass is 429 g/mol. The lowest BCUT2D eigenvalue weighted by atomic mass is 10.1. The summed E-state index contributed by atoms with van der Waals surface area (Å²) in [7, 11) is 0. The molecule has 2 heterocycles. The predicted molar refractivity (Wildman–Crippen MR) is 121 cm³/mol. The Hall–Kier alpha value is -2.32. The van der Waals surface area contributed by atoms with Gasteiger partial charge in [-0.1, -0.05) is 12.1 Å². The van der Waals surface area contributed by atoms with Crippen LogP contribution in [0.15, 0.2) is 24.3 Å². The molecule has 0 spiro atoms. The van der Waals surface area contributed by atoms with Crippen molar-refractivity contribution in [2.75, 3.05) is 23.8 Å². The molecule has 0 bridgehead atoms. The Morgan fingerprint density at radius 3 is 2.70 bits per heavy atom. The van der Waals surface area contributed by atoms with Crippen molar-refractivity contribution in [1.29, 1.82) is 0 Å². The van der Waals surface area contributed by atoms with Gasteiger partial charge in [0.05, 0.1) is 28.0 Å². The average Bonchev–Trinajstić information content (AvgIpc) is 3.32. The number of hydrogen-bond donors (Lipinski definition) is 3. The molecule has 0 saturated heterocycles. The molecule has 2 aromatic heterocycles. The van der Waals surface area contributed by atoms with E-state index in [1.807, 2.05) is 25.1 Å². The number of nitrogens with zero attached hydrogens (tertiary/aromatic N) is 3. The van der Waals surface area contributed by atoms with Crippen molar-refractivity contribution >= 4 is 33.3 Å². The highest BCUT2D eigenvalue weighted by molar-refractivity contribution is 7.21. The van der Waals surface area contributed by atoms with Crippen LogP contribution >= 0.6 is 11.3 Å². The smallest absolute Gasteiger partial charge is 0.225 e. The molecule has 1 fully saturated rings. The summed E-state index contributed by atoms with van der Waals surface area (Å²) >= 11 is 1.61. The number of fused-ring (bicyclic) bond motifs is 1. The highest BCUT2D eigenvalue weighted by atomic mass is 32.1. The second kappa shape index (κ2) is 8.43. The second-order valence-electron chi connectivity index (χ2n) is 8.62. The Bertz CT molecular complexity index is 999. The van der Waals surface area contributed by atoms with Gasteiger partial charge in [-0.05, 0) is 58.1 Å². The summed E-state index contributed by atoms with van der Waals surface area (Å²) < 4.78 is 15.1. The number of thiazole rings is 1. The van der Waals surface area contributed by atoms with Gasteiger partial charge in [-0.2, -0.15) is 4.98 Å². The molecule has 1 saturated carbocycles. The number of aliphatic hydroxyl groups excluding tert-OH is 1. The molecule has 1 aliphatic carbocycles. The van der Waals surface area contributed by atoms with Crippen LogP contribution in [0.2, 0.25) is 0 Å². The number of nitrogens with one attached hydrogen (secondary N) is 2. The molecule has 1 aliphatic rings. The van der Waals surface area contributed by atoms with Crippen molar-refractivity contribution < 1.29 is 9.50 Å². The Kier molecular flexibility index (Phi) is 5.88. The molecule has 6 nitrogen and oxygen atoms in total. The molecule has 160 valence electrons. The van der Waals surface area contributed by atoms with Crippen molar-refractivity contribution in [1.82, 2.24) is 15.0 Å². The number of halogens is 1. The molecule has 8 heteroatoms. The summed E-state index contributed by atoms with van der Waals surface area (Å²) in [5, 5.41) is 16.9. The highest BCUT2D eigenvalue weighted by Crippen LogP contribution is 2.37. The summed E-state index contributed by atoms with van der Waals surface area (Å²) in [5.74, 6) is 1.44. The highest BCUT2D eigenvalue weighted by Gasteiger charge is 2.27. The first-order chi connectivity index (χ1) is 14.3. The molecule has 2 atom stereocenters. The molecular formula is C22H28FN5OS. The van der Waals surface area contributed by atoms with E-state index in [-0.39, 0.29) is 19.2 Å². The van der Waals surface area contributed by atoms with E-state index in [1.54, 1.807) is 11.3 Å². The van der Waals surface area contributed by atoms with E-state index < -0.39 is 5.67 Å². The Morgan fingerprint density at radius 2 is 2.00 bits per heavy atom. The largest absolute Gasteiger partial charge is 0.396 e. The second-order valence-corrected chi connectivity index (χ2v) is 9.65. The molecule has 3 N–H and O–H groups in total. The van der Waals surface area contributed by atoms with Crippen molar-refractivity contribution in [3.8, 4) is 10.6 Å². The van der Waals surface area contributed by atoms with Gasteiger partial charge in [0, 0.05) is 12.6 Å². The topological polar surface area (TPSA) is 83.0 Å². The van der Waals surface area contributed by atoms with E-state index in [4.69, 9.17) is 9.97 Å². The average molecular weight is 430 g/mol. The summed E-state index contributed by atoms with van der Waals surface area (Å²) in [6, 6.07) is 8.28. The Morgan fingerprint density at radius 1 is 1.20 bits per heavy atom. The van der Waals surface area contributed by atoms with Crippen LogP contribution < -0.4 is 10.6 Å². The van der Waals surface area contributed by atoms with Crippen LogP contribution in [0.25, 0.3) is 20.8 Å². The Balaban J connectivity index is 1.71. The quantitative estimate of drug-likeness (QED) is 0.501. The first kappa shape index (κ1) is 20.9. The van der Waals surface area contributed by atoms with Gasteiger partial charge in [0.1, 0.15) is 16.5 Å². The van der Waals surface area contributed by atoms with Gasteiger partial charge >= 0.3 is 0 Å². The third-order valence-electron chi connectivity index (χ3n) is 5.40. The van der Waals surface area contributed by atoms with Crippen molar-refractivity contribution in [3.05, 3.63) is 30.0 Å². The van der Waals surface area contributed by atoms with E-state index >= 15 is 0 Å². The molecule has 30 heavy (non-hydrogen) atoms. The minimum atomic E-state index is -1.36. The van der Waals surface area contributed by atoms with E-state index in [9.17, 15) is 9.50 Å². The van der Waals surface area contributed by atoms with Crippen LogP contribution in [-0.2, 0) is 0 Å². The van der Waals surface area contributed by atoms with Crippen LogP contribution in [0.3, 0.4) is 0 Å². The summed E-state index contributed by atoms with van der Waals surface area (Å²) in [6.45, 7) is 5.32. The zero-order chi connectivity index (χ0) is 21.3. The zero-order valence-electron chi connectivity index (χ0n) is 17.6. The van der Waals surface area contributed by atoms with Gasteiger partial charge in [-0.15, -0.1) is 11.3 Å². The minimum Gasteiger partial charge on any atom is -0.396 e. The molecule has 0 unspecified atom stereocenters. The summed E-state index contributed by atoms with van der Waals surface area (Å²) in [5.41, 5.74) is 1.26. The fourth-order valence-electron chi connectivity index (χ4n) is 3.85. The maximum Gasteiger partial charge on any atom is 0.225 e. The summed E-state index contributed by atoms with van der Waals surface area (Å²) in [4.78, 5) is 14.1. The Labute approximate surface area is 180 Å². The van der Waals surface area contributed by atoms with Gasteiger partial charge < -0.3 is 15.7 Å². The number of aromatic nitrogens is 3. The van der Waals surface area contributed by atoms with E-state index in [0.717, 1.165) is 45.7 Å². The van der Waals surface area contributed by atoms with Crippen LogP contribution in [0, 0.1) is 12.8 Å². The standard InChI is InChI=1S/C22H28FN5OS/c1-13-18(20-27-16-6-4-5-7-17(16)30-20)19(26-15-9-8-14(10-15)11-29)28-21(25-13)24-12-22(2,3)23/h4-7,14-15,29H,8-12H2,1-3H3,(H2,24,25,26,28)/t14-,15+/m1/s1. The molecule has 3 aromatic rings. The van der Waals surface area contributed by atoms with Crippen LogP contribution in [0.5, 0.6) is 0 Å². The molecule has 0 amide bonds. The van der Waals surface area contributed by atoms with Crippen LogP contribution in [0.4, 0.5) is 16.2 Å². The number of anilines is 2. The van der Waals surface area contributed by atoms with Gasteiger partial charge in [0.15, 0.2) is 0 Å². The first-order valence-corrected chi connectivity index (χ1v) is 11.2. The lowest BCUT2D eigenvalue weighted by Crippen LogP contribution is -2.26. The minimum absolute atomic E-state index is 0.127. The van der Waals surface area contributed by atoms with E-state index in [1.165, 1.54) is 13.8 Å². The number of alkyl halides is 1. The van der Waals surface area contributed by atoms with Gasteiger partial charge in [0.2, 0.25) is 5.95 Å². The van der Waals surface area contributed by atoms with Crippen molar-refractivity contribution in [2.45, 2.75) is 51.7 Å². The maximum absolute atomic E-state index is 14.0. The number of rotatable bonds is 7. The summed E-state index contributed by atoms with van der Waals surface area (Å²) in [6.07, 6.45) is 2.88. The number of benzene rings is 1. The SMILES string of the molecule is Cc1nc(NCC(C)(C)F)nc(N[C@H]2CC[C@@H](CO)C2)c1-c1nc2ccccc2s1. The van der Waals surface area contributed by atoms with Gasteiger partial charge in [-0.25, -0.2) is 14.4 Å². The molecule has 0 aliphatic heterocycles. The van der Waals surface area contributed by atoms with Crippen molar-refractivity contribution in [3.63, 3.8) is 0 Å². The lowest BCUT2D eigenvalue weighted by Gasteiger charge is -2.20. The fourth-order valence-corrected chi connectivity index (χ4v) is 4.91. The third kappa shape index (κ3) is 4.70. The van der Waals surface area contributed by atoms with Gasteiger partial charge in [0.25, 0.3) is 0 Å². The fraction of sp³-hybridized carbons (Fsp3) is 0.500. The first-order valence-electron chi connectivity index (χ1n) is 10.4. The predicted octanol–water partition coefficient (Wildman–Crippen LogP) is 4.79. The third-order valence-corrected chi connectivity index (χ3v) is 6.46. The number of aryl methyl sites for hydroxylation is 1. The van der Waals surface area contributed by atoms with E-state index in [0.29, 0.717) is 17.7 Å². The van der Waals surface area contributed by atoms with Crippen LogP contribution in [0.1, 0.15) is 38.8 Å². The van der Waals surface area contributed by atoms with Gasteiger partial charge in [-0.3, -0.25) is 0 Å². The normalized spacial score (nSPS) is 19.4. The van der Waals surface area contributed by atoms with E-state index in [2.05, 4.69) is 21.7 Å². The van der Waals surface area contributed by atoms with Crippen LogP contribution in [-0.4, -0.2) is 44.9 Å². The maximum atomic E-state index is 14.0. The molecule has 0 radical (unpaired) electrons. The number of aliphatic hydroxyl groups is 1. The molecular weight excluding hydrogens is 401 g/mol. The molecule has 1 aromatic carbocycles. The number of para-hydroxylation sites is 1. The lowest BCUT2D eigenvalue weighted by molar-refractivity contribution is 0.229. The molecule has 4 rings (SSSR count). The zero-order valence-corrected chi connectivity index (χ0v) is 18.4. The van der Waals surface area contributed by atoms with Crippen molar-refractivity contribution in [2.24, 2.45) is 5.92 Å². The number of hydrogen-bond acceptors (Lipinski definition) is 7.